The van der Waals surface area contributed by atoms with E-state index in [1.165, 1.54) is 11.3 Å². The molecule has 0 saturated carbocycles. The normalized spacial score (nSPS) is 10.7. The minimum Gasteiger partial charge on any atom is -0.337 e. The van der Waals surface area contributed by atoms with Crippen molar-refractivity contribution in [2.45, 2.75) is 32.9 Å². The molecule has 1 heterocycles. The van der Waals surface area contributed by atoms with Gasteiger partial charge in [0.1, 0.15) is 0 Å². The van der Waals surface area contributed by atoms with E-state index >= 15 is 0 Å². The van der Waals surface area contributed by atoms with Gasteiger partial charge in [-0.15, -0.1) is 0 Å². The third kappa shape index (κ3) is 4.00. The Bertz CT molecular complexity index is 448. The zero-order chi connectivity index (χ0) is 12.6. The molecule has 0 aliphatic rings. The van der Waals surface area contributed by atoms with Crippen LogP contribution in [0.5, 0.6) is 0 Å². The van der Waals surface area contributed by atoms with Crippen molar-refractivity contribution in [2.24, 2.45) is 0 Å². The molecule has 0 saturated heterocycles. The molecule has 0 unspecified atom stereocenters. The van der Waals surface area contributed by atoms with E-state index in [1.54, 1.807) is 0 Å². The standard InChI is InChI=1S/C15H21N3/c1-2-15-12-18(13-17-15)10-6-9-16-11-14-7-4-3-5-8-14/h3-5,7-8,12-13,16H,2,6,9-11H2,1H3. The van der Waals surface area contributed by atoms with Gasteiger partial charge in [0.05, 0.1) is 12.0 Å². The first-order chi connectivity index (χ1) is 8.88. The summed E-state index contributed by atoms with van der Waals surface area (Å²) in [4.78, 5) is 4.32. The van der Waals surface area contributed by atoms with Crippen molar-refractivity contribution < 1.29 is 0 Å². The van der Waals surface area contributed by atoms with Crippen molar-refractivity contribution in [3.05, 3.63) is 54.1 Å². The molecule has 0 fully saturated rings. The van der Waals surface area contributed by atoms with E-state index in [1.807, 2.05) is 12.4 Å². The average molecular weight is 243 g/mol. The van der Waals surface area contributed by atoms with Crippen molar-refractivity contribution in [2.75, 3.05) is 6.54 Å². The minimum atomic E-state index is 0.949. The predicted octanol–water partition coefficient (Wildman–Crippen LogP) is 2.63. The number of aryl methyl sites for hydroxylation is 2. The lowest BCUT2D eigenvalue weighted by molar-refractivity contribution is 0.580. The monoisotopic (exact) mass is 243 g/mol. The number of hydrogen-bond acceptors (Lipinski definition) is 2. The fraction of sp³-hybridized carbons (Fsp3) is 0.400. The molecule has 1 N–H and O–H groups in total. The maximum absolute atomic E-state index is 4.32. The quantitative estimate of drug-likeness (QED) is 0.758. The highest BCUT2D eigenvalue weighted by atomic mass is 15.0. The van der Waals surface area contributed by atoms with Crippen LogP contribution in [0.4, 0.5) is 0 Å². The molecular weight excluding hydrogens is 222 g/mol. The second-order valence-electron chi connectivity index (χ2n) is 4.47. The number of imidazole rings is 1. The van der Waals surface area contributed by atoms with Gasteiger partial charge in [0.15, 0.2) is 0 Å². The Balaban J connectivity index is 1.61. The smallest absolute Gasteiger partial charge is 0.0949 e. The van der Waals surface area contributed by atoms with Crippen molar-refractivity contribution in [3.63, 3.8) is 0 Å². The first kappa shape index (κ1) is 12.8. The molecule has 2 rings (SSSR count). The van der Waals surface area contributed by atoms with Crippen LogP contribution in [0.25, 0.3) is 0 Å². The molecule has 0 aliphatic heterocycles. The van der Waals surface area contributed by atoms with Gasteiger partial charge in [0, 0.05) is 19.3 Å². The third-order valence-electron chi connectivity index (χ3n) is 2.99. The molecule has 2 aromatic rings. The Hall–Kier alpha value is -1.61. The van der Waals surface area contributed by atoms with Crippen LogP contribution in [-0.2, 0) is 19.5 Å². The van der Waals surface area contributed by atoms with Gasteiger partial charge in [0.2, 0.25) is 0 Å². The molecule has 1 aromatic carbocycles. The summed E-state index contributed by atoms with van der Waals surface area (Å²) < 4.78 is 2.17. The molecule has 0 amide bonds. The summed E-state index contributed by atoms with van der Waals surface area (Å²) in [6.45, 7) is 5.16. The fourth-order valence-electron chi connectivity index (χ4n) is 1.93. The highest BCUT2D eigenvalue weighted by molar-refractivity contribution is 5.14. The molecule has 1 aromatic heterocycles. The second kappa shape index (κ2) is 6.97. The fourth-order valence-corrected chi connectivity index (χ4v) is 1.93. The second-order valence-corrected chi connectivity index (χ2v) is 4.47. The van der Waals surface area contributed by atoms with Crippen molar-refractivity contribution >= 4 is 0 Å². The molecule has 0 spiro atoms. The van der Waals surface area contributed by atoms with Crippen molar-refractivity contribution in [1.29, 1.82) is 0 Å². The topological polar surface area (TPSA) is 29.9 Å². The van der Waals surface area contributed by atoms with Crippen LogP contribution >= 0.6 is 0 Å². The lowest BCUT2D eigenvalue weighted by atomic mass is 10.2. The van der Waals surface area contributed by atoms with Gasteiger partial charge in [-0.25, -0.2) is 4.98 Å². The van der Waals surface area contributed by atoms with Crippen LogP contribution in [0.3, 0.4) is 0 Å². The van der Waals surface area contributed by atoms with E-state index in [-0.39, 0.29) is 0 Å². The van der Waals surface area contributed by atoms with E-state index in [4.69, 9.17) is 0 Å². The van der Waals surface area contributed by atoms with Crippen LogP contribution in [0.2, 0.25) is 0 Å². The maximum atomic E-state index is 4.32. The first-order valence-electron chi connectivity index (χ1n) is 6.64. The van der Waals surface area contributed by atoms with Gasteiger partial charge in [0.25, 0.3) is 0 Å². The third-order valence-corrected chi connectivity index (χ3v) is 2.99. The maximum Gasteiger partial charge on any atom is 0.0949 e. The number of rotatable bonds is 7. The number of benzene rings is 1. The highest BCUT2D eigenvalue weighted by Crippen LogP contribution is 1.99. The Morgan fingerprint density at radius 3 is 2.78 bits per heavy atom. The molecule has 3 nitrogen and oxygen atoms in total. The van der Waals surface area contributed by atoms with E-state index in [9.17, 15) is 0 Å². The summed E-state index contributed by atoms with van der Waals surface area (Å²) in [6, 6.07) is 10.5. The molecule has 3 heteroatoms. The molecule has 96 valence electrons. The van der Waals surface area contributed by atoms with E-state index in [0.29, 0.717) is 0 Å². The number of aromatic nitrogens is 2. The lowest BCUT2D eigenvalue weighted by Crippen LogP contribution is -2.16. The van der Waals surface area contributed by atoms with Crippen LogP contribution in [0, 0.1) is 0 Å². The van der Waals surface area contributed by atoms with Crippen LogP contribution in [0.15, 0.2) is 42.9 Å². The van der Waals surface area contributed by atoms with Gasteiger partial charge >= 0.3 is 0 Å². The van der Waals surface area contributed by atoms with Gasteiger partial charge in [-0.1, -0.05) is 37.3 Å². The van der Waals surface area contributed by atoms with E-state index < -0.39 is 0 Å². The summed E-state index contributed by atoms with van der Waals surface area (Å²) in [5.41, 5.74) is 2.51. The molecule has 0 bridgehead atoms. The average Bonchev–Trinajstić information content (AvgIpc) is 2.87. The zero-order valence-electron chi connectivity index (χ0n) is 11.0. The molecule has 0 atom stereocenters. The van der Waals surface area contributed by atoms with Crippen molar-refractivity contribution in [1.82, 2.24) is 14.9 Å². The lowest BCUT2D eigenvalue weighted by Gasteiger charge is -2.05. The van der Waals surface area contributed by atoms with Crippen molar-refractivity contribution in [3.8, 4) is 0 Å². The Kier molecular flexibility index (Phi) is 4.97. The molecule has 0 radical (unpaired) electrons. The predicted molar refractivity (Wildman–Crippen MR) is 74.4 cm³/mol. The largest absolute Gasteiger partial charge is 0.337 e. The van der Waals surface area contributed by atoms with E-state index in [2.05, 4.69) is 52.3 Å². The first-order valence-corrected chi connectivity index (χ1v) is 6.64. The summed E-state index contributed by atoms with van der Waals surface area (Å²) >= 11 is 0. The Morgan fingerprint density at radius 1 is 1.22 bits per heavy atom. The van der Waals surface area contributed by atoms with Crippen LogP contribution in [0.1, 0.15) is 24.6 Å². The minimum absolute atomic E-state index is 0.949. The van der Waals surface area contributed by atoms with Gasteiger partial charge in [-0.3, -0.25) is 0 Å². The Labute approximate surface area is 109 Å². The number of nitrogens with zero attached hydrogens (tertiary/aromatic N) is 2. The molecular formula is C15H21N3. The Morgan fingerprint density at radius 2 is 2.06 bits per heavy atom. The summed E-state index contributed by atoms with van der Waals surface area (Å²) in [5.74, 6) is 0. The number of hydrogen-bond donors (Lipinski definition) is 1. The molecule has 0 aliphatic carbocycles. The van der Waals surface area contributed by atoms with Crippen LogP contribution in [-0.4, -0.2) is 16.1 Å². The molecule has 18 heavy (non-hydrogen) atoms. The summed E-state index contributed by atoms with van der Waals surface area (Å²) in [7, 11) is 0. The van der Waals surface area contributed by atoms with Gasteiger partial charge in [-0.2, -0.15) is 0 Å². The zero-order valence-corrected chi connectivity index (χ0v) is 11.0. The highest BCUT2D eigenvalue weighted by Gasteiger charge is 1.96. The van der Waals surface area contributed by atoms with Gasteiger partial charge < -0.3 is 9.88 Å². The summed E-state index contributed by atoms with van der Waals surface area (Å²) in [5, 5.41) is 3.46. The SMILES string of the molecule is CCc1cn(CCCNCc2ccccc2)cn1. The van der Waals surface area contributed by atoms with E-state index in [0.717, 1.165) is 32.5 Å². The summed E-state index contributed by atoms with van der Waals surface area (Å²) in [6.07, 6.45) is 6.21. The van der Waals surface area contributed by atoms with Crippen LogP contribution < -0.4 is 5.32 Å². The van der Waals surface area contributed by atoms with Gasteiger partial charge in [-0.05, 0) is 24.9 Å². The number of nitrogens with one attached hydrogen (secondary N) is 1.